The van der Waals surface area contributed by atoms with Crippen molar-refractivity contribution < 1.29 is 15.0 Å². The molecule has 2 aliphatic carbocycles. The van der Waals surface area contributed by atoms with Crippen LogP contribution < -0.4 is 5.73 Å². The molecule has 1 saturated carbocycles. The summed E-state index contributed by atoms with van der Waals surface area (Å²) < 4.78 is 0. The molecule has 4 N–H and O–H groups in total. The summed E-state index contributed by atoms with van der Waals surface area (Å²) in [5, 5.41) is 21.0. The number of carboxylic acid groups (broad SMARTS) is 1. The number of nitrogens with two attached hydrogens (primary N) is 1. The maximum absolute atomic E-state index is 12.6. The molecule has 1 fully saturated rings. The van der Waals surface area contributed by atoms with E-state index in [9.17, 15) is 15.0 Å². The Morgan fingerprint density at radius 1 is 0.976 bits per heavy atom. The quantitative estimate of drug-likeness (QED) is 0.166. The van der Waals surface area contributed by atoms with Gasteiger partial charge in [0, 0.05) is 0 Å². The van der Waals surface area contributed by atoms with Gasteiger partial charge in [0.25, 0.3) is 0 Å². The second-order valence-corrected chi connectivity index (χ2v) is 13.7. The molecule has 0 radical (unpaired) electrons. The van der Waals surface area contributed by atoms with Gasteiger partial charge in [-0.3, -0.25) is 4.79 Å². The van der Waals surface area contributed by atoms with Crippen molar-refractivity contribution in [1.82, 2.24) is 0 Å². The van der Waals surface area contributed by atoms with Crippen LogP contribution in [-0.4, -0.2) is 28.8 Å². The molecule has 0 saturated heterocycles. The number of hydrogen-bond donors (Lipinski definition) is 3. The molecule has 0 aliphatic heterocycles. The van der Waals surface area contributed by atoms with Gasteiger partial charge in [0.1, 0.15) is 0 Å². The van der Waals surface area contributed by atoms with Gasteiger partial charge in [-0.25, -0.2) is 0 Å². The molecule has 3 rings (SSSR count). The van der Waals surface area contributed by atoms with Gasteiger partial charge in [-0.15, -0.1) is 0 Å². The lowest BCUT2D eigenvalue weighted by atomic mass is 9.60. The minimum atomic E-state index is -0.910. The van der Waals surface area contributed by atoms with Gasteiger partial charge >= 0.3 is 5.97 Å². The number of rotatable bonds is 17. The average molecular weight is 566 g/mol. The van der Waals surface area contributed by atoms with E-state index in [1.165, 1.54) is 63.4 Å². The van der Waals surface area contributed by atoms with Crippen molar-refractivity contribution >= 4 is 5.97 Å². The van der Waals surface area contributed by atoms with Gasteiger partial charge in [-0.2, -0.15) is 0 Å². The predicted octanol–water partition coefficient (Wildman–Crippen LogP) is 8.44. The highest BCUT2D eigenvalue weighted by Gasteiger charge is 2.45. The van der Waals surface area contributed by atoms with Crippen LogP contribution in [0, 0.1) is 47.3 Å². The van der Waals surface area contributed by atoms with Crippen molar-refractivity contribution in [3.05, 3.63) is 60.2 Å². The Labute approximate surface area is 250 Å². The molecule has 0 bridgehead atoms. The molecule has 0 spiro atoms. The first-order chi connectivity index (χ1) is 19.8. The van der Waals surface area contributed by atoms with Crippen molar-refractivity contribution in [1.29, 1.82) is 0 Å². The Balaban J connectivity index is 1.78. The molecule has 4 heteroatoms. The van der Waals surface area contributed by atoms with Crippen LogP contribution in [0.1, 0.15) is 103 Å². The van der Waals surface area contributed by atoms with Crippen LogP contribution in [0.25, 0.3) is 0 Å². The molecular formula is C37H59NO3. The minimum absolute atomic E-state index is 0.0645. The molecule has 1 aromatic carbocycles. The van der Waals surface area contributed by atoms with Crippen LogP contribution >= 0.6 is 0 Å². The highest BCUT2D eigenvalue weighted by atomic mass is 16.4. The molecule has 0 aromatic heterocycles. The van der Waals surface area contributed by atoms with E-state index < -0.39 is 18.0 Å². The fourth-order valence-electron chi connectivity index (χ4n) is 7.83. The zero-order valence-corrected chi connectivity index (χ0v) is 26.2. The first kappa shape index (κ1) is 33.6. The van der Waals surface area contributed by atoms with E-state index in [-0.39, 0.29) is 23.7 Å². The predicted molar refractivity (Wildman–Crippen MR) is 171 cm³/mol. The number of aliphatic hydroxyl groups is 1. The lowest BCUT2D eigenvalue weighted by Gasteiger charge is -2.44. The highest BCUT2D eigenvalue weighted by Crippen LogP contribution is 2.46. The normalized spacial score (nSPS) is 25.9. The fourth-order valence-corrected chi connectivity index (χ4v) is 7.83. The van der Waals surface area contributed by atoms with Gasteiger partial charge in [-0.1, -0.05) is 107 Å². The van der Waals surface area contributed by atoms with E-state index in [1.54, 1.807) is 6.92 Å². The molecule has 0 amide bonds. The Kier molecular flexibility index (Phi) is 14.7. The Morgan fingerprint density at radius 2 is 1.68 bits per heavy atom. The first-order valence-electron chi connectivity index (χ1n) is 16.8. The number of hydrogen-bond acceptors (Lipinski definition) is 3. The van der Waals surface area contributed by atoms with Gasteiger partial charge in [0.15, 0.2) is 0 Å². The third-order valence-corrected chi connectivity index (χ3v) is 10.0. The first-order valence-corrected chi connectivity index (χ1v) is 16.8. The molecule has 2 aliphatic rings. The monoisotopic (exact) mass is 565 g/mol. The van der Waals surface area contributed by atoms with E-state index in [2.05, 4.69) is 50.3 Å². The molecule has 0 unspecified atom stereocenters. The summed E-state index contributed by atoms with van der Waals surface area (Å²) >= 11 is 0. The number of carbonyl (C=O) groups is 1. The number of allylic oxidation sites excluding steroid dienone is 4. The van der Waals surface area contributed by atoms with Crippen LogP contribution in [-0.2, 0) is 11.2 Å². The zero-order valence-electron chi connectivity index (χ0n) is 26.2. The van der Waals surface area contributed by atoms with Crippen molar-refractivity contribution in [2.75, 3.05) is 6.54 Å². The summed E-state index contributed by atoms with van der Waals surface area (Å²) in [6.07, 6.45) is 24.4. The van der Waals surface area contributed by atoms with Crippen LogP contribution in [0.4, 0.5) is 0 Å². The average Bonchev–Trinajstić information content (AvgIpc) is 2.94. The molecule has 1 aromatic rings. The maximum atomic E-state index is 12.6. The van der Waals surface area contributed by atoms with Crippen LogP contribution in [0.2, 0.25) is 0 Å². The standard InChI is InChI=1S/C37H59NO3/c1-27(2)19-20-31(18-12-5-9-15-29-13-7-4-8-14-29)25-32-21-22-33(26-30-16-10-6-11-17-30)36(34(32)23-24-38)35(28(3)39)37(40)41/h5-6,10-12,16-17,21-22,27-29,31-36,39H,4,7-9,13-15,18-20,23-26,38H2,1-3H3,(H,40,41)/t28-,31-,32+,33-,34+,35+,36+/m0/s1. The molecular weight excluding hydrogens is 506 g/mol. The van der Waals surface area contributed by atoms with E-state index in [4.69, 9.17) is 5.73 Å². The second kappa shape index (κ2) is 17.9. The van der Waals surface area contributed by atoms with Gasteiger partial charge in [0.2, 0.25) is 0 Å². The van der Waals surface area contributed by atoms with Gasteiger partial charge in [-0.05, 0) is 105 Å². The van der Waals surface area contributed by atoms with E-state index in [0.717, 1.165) is 31.6 Å². The van der Waals surface area contributed by atoms with Crippen LogP contribution in [0.3, 0.4) is 0 Å². The molecule has 0 heterocycles. The van der Waals surface area contributed by atoms with Crippen molar-refractivity contribution in [2.24, 2.45) is 53.1 Å². The lowest BCUT2D eigenvalue weighted by molar-refractivity contribution is -0.151. The van der Waals surface area contributed by atoms with Crippen LogP contribution in [0.5, 0.6) is 0 Å². The largest absolute Gasteiger partial charge is 0.481 e. The number of carboxylic acids is 1. The van der Waals surface area contributed by atoms with E-state index in [0.29, 0.717) is 18.4 Å². The van der Waals surface area contributed by atoms with Crippen molar-refractivity contribution in [3.63, 3.8) is 0 Å². The Morgan fingerprint density at radius 3 is 2.32 bits per heavy atom. The van der Waals surface area contributed by atoms with E-state index in [1.807, 2.05) is 18.2 Å². The number of aliphatic carboxylic acids is 1. The van der Waals surface area contributed by atoms with Crippen molar-refractivity contribution in [3.8, 4) is 0 Å². The molecule has 7 atom stereocenters. The smallest absolute Gasteiger partial charge is 0.309 e. The number of benzene rings is 1. The minimum Gasteiger partial charge on any atom is -0.481 e. The summed E-state index contributed by atoms with van der Waals surface area (Å²) in [5.41, 5.74) is 7.40. The third kappa shape index (κ3) is 11.0. The zero-order chi connectivity index (χ0) is 29.6. The number of aliphatic hydroxyl groups excluding tert-OH is 1. The summed E-state index contributed by atoms with van der Waals surface area (Å²) in [4.78, 5) is 12.6. The highest BCUT2D eigenvalue weighted by molar-refractivity contribution is 5.71. The van der Waals surface area contributed by atoms with Gasteiger partial charge < -0.3 is 15.9 Å². The molecule has 41 heavy (non-hydrogen) atoms. The summed E-state index contributed by atoms with van der Waals surface area (Å²) in [6, 6.07) is 10.3. The third-order valence-electron chi connectivity index (χ3n) is 10.0. The Bertz CT molecular complexity index is 917. The van der Waals surface area contributed by atoms with Crippen LogP contribution in [0.15, 0.2) is 54.6 Å². The molecule has 230 valence electrons. The van der Waals surface area contributed by atoms with Gasteiger partial charge in [0.05, 0.1) is 12.0 Å². The van der Waals surface area contributed by atoms with Crippen molar-refractivity contribution in [2.45, 2.75) is 110 Å². The van der Waals surface area contributed by atoms with E-state index >= 15 is 0 Å². The second-order valence-electron chi connectivity index (χ2n) is 13.7. The summed E-state index contributed by atoms with van der Waals surface area (Å²) in [5.74, 6) is 0.806. The topological polar surface area (TPSA) is 83.5 Å². The summed E-state index contributed by atoms with van der Waals surface area (Å²) in [7, 11) is 0. The fraction of sp³-hybridized carbons (Fsp3) is 0.703. The lowest BCUT2D eigenvalue weighted by Crippen LogP contribution is -2.45. The summed E-state index contributed by atoms with van der Waals surface area (Å²) in [6.45, 7) is 6.79. The Hall–Kier alpha value is -1.91. The molecule has 4 nitrogen and oxygen atoms in total. The maximum Gasteiger partial charge on any atom is 0.309 e. The SMILES string of the molecule is CC(C)CC[C@H](CC=CCCC1CCCCC1)C[C@H]1C=C[C@@H](Cc2ccccc2)[C@@H]([C@H](C(=O)O)[C@H](C)O)[C@@H]1CCN.